The molecule has 0 aliphatic carbocycles. The van der Waals surface area contributed by atoms with Crippen LogP contribution in [0.3, 0.4) is 0 Å². The van der Waals surface area contributed by atoms with Crippen molar-refractivity contribution in [3.8, 4) is 5.75 Å². The summed E-state index contributed by atoms with van der Waals surface area (Å²) in [5.74, 6) is 0.576. The minimum atomic E-state index is -0.625. The molecule has 26 heavy (non-hydrogen) atoms. The molecule has 0 atom stereocenters. The SMILES string of the molecule is CCCCCCCCOC(=O)Oc1c2ccccc2cc2ccccc12. The van der Waals surface area contributed by atoms with Gasteiger partial charge in [0.05, 0.1) is 6.61 Å². The van der Waals surface area contributed by atoms with Gasteiger partial charge in [0.1, 0.15) is 5.75 Å². The first-order valence-corrected chi connectivity index (χ1v) is 9.54. The van der Waals surface area contributed by atoms with E-state index in [2.05, 4.69) is 13.0 Å². The van der Waals surface area contributed by atoms with Crippen LogP contribution in [0.2, 0.25) is 0 Å². The predicted octanol–water partition coefficient (Wildman–Crippen LogP) is 6.87. The molecule has 3 aromatic carbocycles. The van der Waals surface area contributed by atoms with Gasteiger partial charge in [-0.05, 0) is 23.3 Å². The van der Waals surface area contributed by atoms with Crippen LogP contribution in [-0.4, -0.2) is 12.8 Å². The van der Waals surface area contributed by atoms with Gasteiger partial charge in [-0.1, -0.05) is 87.6 Å². The maximum absolute atomic E-state index is 12.2. The Balaban J connectivity index is 1.66. The second-order valence-corrected chi connectivity index (χ2v) is 6.62. The summed E-state index contributed by atoms with van der Waals surface area (Å²) in [5.41, 5.74) is 0. The standard InChI is InChI=1S/C23H26O3/c1-2-3-4-5-6-11-16-25-23(24)26-22-20-14-9-7-12-18(20)17-19-13-8-10-15-21(19)22/h7-10,12-15,17H,2-6,11,16H2,1H3. The van der Waals surface area contributed by atoms with Crippen molar-refractivity contribution in [2.75, 3.05) is 6.61 Å². The summed E-state index contributed by atoms with van der Waals surface area (Å²) in [5, 5.41) is 3.93. The Morgan fingerprint density at radius 1 is 0.808 bits per heavy atom. The first kappa shape index (κ1) is 18.2. The Bertz CT molecular complexity index is 816. The van der Waals surface area contributed by atoms with Crippen LogP contribution < -0.4 is 4.74 Å². The van der Waals surface area contributed by atoms with Crippen LogP contribution in [0.15, 0.2) is 54.6 Å². The highest BCUT2D eigenvalue weighted by Gasteiger charge is 2.13. The first-order chi connectivity index (χ1) is 12.8. The Labute approximate surface area is 154 Å². The molecule has 0 N–H and O–H groups in total. The Morgan fingerprint density at radius 2 is 1.38 bits per heavy atom. The van der Waals surface area contributed by atoms with E-state index in [-0.39, 0.29) is 0 Å². The third-order valence-corrected chi connectivity index (χ3v) is 4.63. The van der Waals surface area contributed by atoms with Crippen LogP contribution in [0.1, 0.15) is 45.4 Å². The third-order valence-electron chi connectivity index (χ3n) is 4.63. The minimum Gasteiger partial charge on any atom is -0.434 e. The first-order valence-electron chi connectivity index (χ1n) is 9.54. The molecule has 0 heterocycles. The highest BCUT2D eigenvalue weighted by atomic mass is 16.7. The monoisotopic (exact) mass is 350 g/mol. The van der Waals surface area contributed by atoms with Gasteiger partial charge in [-0.25, -0.2) is 4.79 Å². The van der Waals surface area contributed by atoms with Crippen molar-refractivity contribution in [2.45, 2.75) is 45.4 Å². The molecule has 0 radical (unpaired) electrons. The Kier molecular flexibility index (Phi) is 6.48. The zero-order valence-electron chi connectivity index (χ0n) is 15.4. The van der Waals surface area contributed by atoms with Crippen LogP contribution in [-0.2, 0) is 4.74 Å². The van der Waals surface area contributed by atoms with Gasteiger partial charge in [0.25, 0.3) is 0 Å². The van der Waals surface area contributed by atoms with Crippen molar-refractivity contribution in [1.29, 1.82) is 0 Å². The summed E-state index contributed by atoms with van der Waals surface area (Å²) in [4.78, 5) is 12.2. The predicted molar refractivity (Wildman–Crippen MR) is 107 cm³/mol. The topological polar surface area (TPSA) is 35.5 Å². The van der Waals surface area contributed by atoms with Crippen molar-refractivity contribution in [3.05, 3.63) is 54.6 Å². The lowest BCUT2D eigenvalue weighted by Gasteiger charge is -2.12. The van der Waals surface area contributed by atoms with Crippen LogP contribution in [0.25, 0.3) is 21.5 Å². The van der Waals surface area contributed by atoms with E-state index in [1.807, 2.05) is 48.5 Å². The average Bonchev–Trinajstić information content (AvgIpc) is 2.67. The van der Waals surface area contributed by atoms with E-state index in [1.54, 1.807) is 0 Å². The number of hydrogen-bond donors (Lipinski definition) is 0. The van der Waals surface area contributed by atoms with Crippen LogP contribution in [0.4, 0.5) is 4.79 Å². The van der Waals surface area contributed by atoms with Crippen molar-refractivity contribution in [3.63, 3.8) is 0 Å². The molecule has 0 aliphatic rings. The van der Waals surface area contributed by atoms with Crippen molar-refractivity contribution in [1.82, 2.24) is 0 Å². The molecular weight excluding hydrogens is 324 g/mol. The molecule has 136 valence electrons. The van der Waals surface area contributed by atoms with Gasteiger partial charge in [-0.2, -0.15) is 0 Å². The fourth-order valence-electron chi connectivity index (χ4n) is 3.23. The Morgan fingerprint density at radius 3 is 2.04 bits per heavy atom. The molecule has 0 unspecified atom stereocenters. The van der Waals surface area contributed by atoms with Crippen LogP contribution in [0, 0.1) is 0 Å². The molecular formula is C23H26O3. The number of carbonyl (C=O) groups excluding carboxylic acids is 1. The summed E-state index contributed by atoms with van der Waals surface area (Å²) in [6.07, 6.45) is 6.31. The molecule has 3 heteroatoms. The maximum atomic E-state index is 12.2. The maximum Gasteiger partial charge on any atom is 0.513 e. The average molecular weight is 350 g/mol. The van der Waals surface area contributed by atoms with Gasteiger partial charge in [-0.3, -0.25) is 0 Å². The molecule has 3 nitrogen and oxygen atoms in total. The zero-order valence-corrected chi connectivity index (χ0v) is 15.4. The number of fused-ring (bicyclic) bond motifs is 2. The van der Waals surface area contributed by atoms with Gasteiger partial charge in [0, 0.05) is 10.8 Å². The van der Waals surface area contributed by atoms with E-state index < -0.39 is 6.16 Å². The highest BCUT2D eigenvalue weighted by molar-refractivity contribution is 6.06. The third kappa shape index (κ3) is 4.54. The number of benzene rings is 3. The van der Waals surface area contributed by atoms with Crippen molar-refractivity contribution < 1.29 is 14.3 Å². The van der Waals surface area contributed by atoms with E-state index in [1.165, 1.54) is 25.7 Å². The number of unbranched alkanes of at least 4 members (excludes halogenated alkanes) is 5. The second-order valence-electron chi connectivity index (χ2n) is 6.62. The van der Waals surface area contributed by atoms with Gasteiger partial charge in [0.2, 0.25) is 0 Å². The fourth-order valence-corrected chi connectivity index (χ4v) is 3.23. The number of hydrogen-bond acceptors (Lipinski definition) is 3. The van der Waals surface area contributed by atoms with E-state index in [9.17, 15) is 4.79 Å². The molecule has 0 amide bonds. The minimum absolute atomic E-state index is 0.410. The number of ether oxygens (including phenoxy) is 2. The summed E-state index contributed by atoms with van der Waals surface area (Å²) >= 11 is 0. The van der Waals surface area contributed by atoms with Crippen molar-refractivity contribution >= 4 is 27.7 Å². The molecule has 3 aromatic rings. The summed E-state index contributed by atoms with van der Waals surface area (Å²) in [7, 11) is 0. The normalized spacial score (nSPS) is 11.0. The lowest BCUT2D eigenvalue weighted by molar-refractivity contribution is 0.0982. The van der Waals surface area contributed by atoms with Crippen LogP contribution >= 0.6 is 0 Å². The molecule has 0 saturated heterocycles. The Hall–Kier alpha value is -2.55. The fraction of sp³-hybridized carbons (Fsp3) is 0.348. The zero-order chi connectivity index (χ0) is 18.2. The molecule has 3 rings (SSSR count). The molecule has 0 fully saturated rings. The summed E-state index contributed by atoms with van der Waals surface area (Å²) in [6, 6.07) is 18.0. The smallest absolute Gasteiger partial charge is 0.434 e. The summed E-state index contributed by atoms with van der Waals surface area (Å²) in [6.45, 7) is 2.61. The van der Waals surface area contributed by atoms with Crippen molar-refractivity contribution in [2.24, 2.45) is 0 Å². The molecule has 0 spiro atoms. The van der Waals surface area contributed by atoms with Gasteiger partial charge >= 0.3 is 6.16 Å². The van der Waals surface area contributed by atoms with E-state index in [0.717, 1.165) is 34.4 Å². The molecule has 0 bridgehead atoms. The van der Waals surface area contributed by atoms with E-state index in [0.29, 0.717) is 12.4 Å². The van der Waals surface area contributed by atoms with Gasteiger partial charge in [-0.15, -0.1) is 0 Å². The number of rotatable bonds is 8. The molecule has 0 saturated carbocycles. The molecule has 0 aliphatic heterocycles. The molecule has 0 aromatic heterocycles. The largest absolute Gasteiger partial charge is 0.513 e. The number of carbonyl (C=O) groups is 1. The quantitative estimate of drug-likeness (QED) is 0.192. The van der Waals surface area contributed by atoms with Gasteiger partial charge < -0.3 is 9.47 Å². The second kappa shape index (κ2) is 9.23. The van der Waals surface area contributed by atoms with Crippen LogP contribution in [0.5, 0.6) is 5.75 Å². The van der Waals surface area contributed by atoms with E-state index in [4.69, 9.17) is 9.47 Å². The summed E-state index contributed by atoms with van der Waals surface area (Å²) < 4.78 is 10.9. The van der Waals surface area contributed by atoms with E-state index >= 15 is 0 Å². The lowest BCUT2D eigenvalue weighted by Crippen LogP contribution is -2.12. The highest BCUT2D eigenvalue weighted by Crippen LogP contribution is 2.35. The van der Waals surface area contributed by atoms with Gasteiger partial charge in [0.15, 0.2) is 0 Å². The lowest BCUT2D eigenvalue weighted by atomic mass is 10.0.